The van der Waals surface area contributed by atoms with E-state index in [9.17, 15) is 14.5 Å². The first-order valence-electron chi connectivity index (χ1n) is 3.51. The molecule has 0 saturated heterocycles. The Labute approximate surface area is 73.0 Å². The smallest absolute Gasteiger partial charge is 0.260 e. The van der Waals surface area contributed by atoms with Crippen LogP contribution in [0.25, 0.3) is 0 Å². The number of nitrogens with zero attached hydrogens (tertiary/aromatic N) is 2. The van der Waals surface area contributed by atoms with E-state index in [2.05, 4.69) is 4.98 Å². The molecule has 1 heterocycles. The van der Waals surface area contributed by atoms with Gasteiger partial charge in [0.15, 0.2) is 0 Å². The van der Waals surface area contributed by atoms with Crippen molar-refractivity contribution in [2.75, 3.05) is 6.61 Å². The lowest BCUT2D eigenvalue weighted by atomic mass is 10.1. The topological polar surface area (TPSA) is 76.3 Å². The average Bonchev–Trinajstić information content (AvgIpc) is 2.04. The van der Waals surface area contributed by atoms with Gasteiger partial charge in [-0.1, -0.05) is 0 Å². The SMILES string of the molecule is O=[N+]([O-])C(CO)c1ccnc(F)c1. The van der Waals surface area contributed by atoms with Crippen LogP contribution in [0.15, 0.2) is 18.3 Å². The number of hydrogen-bond acceptors (Lipinski definition) is 4. The highest BCUT2D eigenvalue weighted by molar-refractivity contribution is 5.13. The molecule has 0 aliphatic carbocycles. The van der Waals surface area contributed by atoms with Crippen LogP contribution in [-0.4, -0.2) is 21.6 Å². The van der Waals surface area contributed by atoms with Gasteiger partial charge in [-0.05, 0) is 6.07 Å². The summed E-state index contributed by atoms with van der Waals surface area (Å²) in [6.45, 7) is -0.656. The fourth-order valence-electron chi connectivity index (χ4n) is 0.919. The van der Waals surface area contributed by atoms with Gasteiger partial charge in [-0.2, -0.15) is 4.39 Å². The maximum absolute atomic E-state index is 12.5. The summed E-state index contributed by atoms with van der Waals surface area (Å²) in [5.74, 6) is -0.794. The Morgan fingerprint density at radius 1 is 1.77 bits per heavy atom. The number of aliphatic hydroxyl groups excluding tert-OH is 1. The van der Waals surface area contributed by atoms with Crippen LogP contribution in [0, 0.1) is 16.1 Å². The van der Waals surface area contributed by atoms with Gasteiger partial charge in [-0.15, -0.1) is 0 Å². The van der Waals surface area contributed by atoms with Gasteiger partial charge in [0.2, 0.25) is 5.95 Å². The predicted octanol–water partition coefficient (Wildman–Crippen LogP) is 0.531. The Hall–Kier alpha value is -1.56. The Morgan fingerprint density at radius 3 is 2.92 bits per heavy atom. The van der Waals surface area contributed by atoms with Crippen molar-refractivity contribution in [3.05, 3.63) is 40.0 Å². The van der Waals surface area contributed by atoms with Crippen LogP contribution in [0.5, 0.6) is 0 Å². The quantitative estimate of drug-likeness (QED) is 0.424. The zero-order chi connectivity index (χ0) is 9.84. The van der Waals surface area contributed by atoms with Crippen molar-refractivity contribution < 1.29 is 14.4 Å². The molecule has 0 spiro atoms. The van der Waals surface area contributed by atoms with E-state index in [0.29, 0.717) is 0 Å². The first-order valence-corrected chi connectivity index (χ1v) is 3.51. The molecule has 70 valence electrons. The van der Waals surface area contributed by atoms with E-state index in [0.717, 1.165) is 12.3 Å². The molecule has 0 fully saturated rings. The summed E-state index contributed by atoms with van der Waals surface area (Å²) in [4.78, 5) is 12.9. The number of nitro groups is 1. The highest BCUT2D eigenvalue weighted by Gasteiger charge is 2.21. The molecule has 0 amide bonds. The van der Waals surface area contributed by atoms with Crippen LogP contribution >= 0.6 is 0 Å². The van der Waals surface area contributed by atoms with E-state index in [1.54, 1.807) is 0 Å². The molecule has 6 heteroatoms. The van der Waals surface area contributed by atoms with Crippen molar-refractivity contribution in [2.45, 2.75) is 6.04 Å². The second-order valence-electron chi connectivity index (χ2n) is 2.40. The molecular formula is C7H7FN2O3. The van der Waals surface area contributed by atoms with E-state index in [1.807, 2.05) is 0 Å². The lowest BCUT2D eigenvalue weighted by Crippen LogP contribution is -2.14. The van der Waals surface area contributed by atoms with Gasteiger partial charge in [0.05, 0.1) is 0 Å². The Kier molecular flexibility index (Phi) is 2.86. The monoisotopic (exact) mass is 186 g/mol. The van der Waals surface area contributed by atoms with Crippen molar-refractivity contribution >= 4 is 0 Å². The highest BCUT2D eigenvalue weighted by Crippen LogP contribution is 2.15. The van der Waals surface area contributed by atoms with Crippen LogP contribution < -0.4 is 0 Å². The Bertz CT molecular complexity index is 318. The zero-order valence-electron chi connectivity index (χ0n) is 6.55. The summed E-state index contributed by atoms with van der Waals surface area (Å²) in [5.41, 5.74) is 0.111. The van der Waals surface area contributed by atoms with Gasteiger partial charge >= 0.3 is 0 Å². The van der Waals surface area contributed by atoms with Crippen LogP contribution in [0.4, 0.5) is 4.39 Å². The van der Waals surface area contributed by atoms with Crippen molar-refractivity contribution in [2.24, 2.45) is 0 Å². The Morgan fingerprint density at radius 2 is 2.46 bits per heavy atom. The van der Waals surface area contributed by atoms with Crippen molar-refractivity contribution in [1.29, 1.82) is 0 Å². The third-order valence-corrected chi connectivity index (χ3v) is 1.56. The molecule has 1 atom stereocenters. The van der Waals surface area contributed by atoms with Crippen LogP contribution in [0.3, 0.4) is 0 Å². The first kappa shape index (κ1) is 9.53. The molecule has 0 radical (unpaired) electrons. The molecule has 1 rings (SSSR count). The number of pyridine rings is 1. The second kappa shape index (κ2) is 3.90. The average molecular weight is 186 g/mol. The summed E-state index contributed by atoms with van der Waals surface area (Å²) in [7, 11) is 0. The molecule has 0 saturated carbocycles. The molecule has 0 aromatic carbocycles. The predicted molar refractivity (Wildman–Crippen MR) is 41.0 cm³/mol. The second-order valence-corrected chi connectivity index (χ2v) is 2.40. The number of halogens is 1. The minimum atomic E-state index is -1.28. The lowest BCUT2D eigenvalue weighted by Gasteiger charge is -2.05. The van der Waals surface area contributed by atoms with Crippen LogP contribution in [0.1, 0.15) is 11.6 Å². The standard InChI is InChI=1S/C7H7FN2O3/c8-7-3-5(1-2-9-7)6(4-11)10(12)13/h1-3,6,11H,4H2. The third kappa shape index (κ3) is 2.19. The maximum Gasteiger partial charge on any atom is 0.260 e. The van der Waals surface area contributed by atoms with Crippen molar-refractivity contribution in [3.8, 4) is 0 Å². The molecule has 13 heavy (non-hydrogen) atoms. The summed E-state index contributed by atoms with van der Waals surface area (Å²) < 4.78 is 12.5. The molecular weight excluding hydrogens is 179 g/mol. The normalized spacial score (nSPS) is 12.5. The fraction of sp³-hybridized carbons (Fsp3) is 0.286. The molecule has 5 nitrogen and oxygen atoms in total. The van der Waals surface area contributed by atoms with Crippen LogP contribution in [-0.2, 0) is 0 Å². The highest BCUT2D eigenvalue weighted by atomic mass is 19.1. The summed E-state index contributed by atoms with van der Waals surface area (Å²) in [6, 6.07) is 0.952. The number of aliphatic hydroxyl groups is 1. The van der Waals surface area contributed by atoms with E-state index in [-0.39, 0.29) is 5.56 Å². The largest absolute Gasteiger partial charge is 0.389 e. The molecule has 1 aromatic heterocycles. The number of hydrogen-bond donors (Lipinski definition) is 1. The molecule has 1 aromatic rings. The van der Waals surface area contributed by atoms with E-state index in [4.69, 9.17) is 5.11 Å². The maximum atomic E-state index is 12.5. The van der Waals surface area contributed by atoms with E-state index in [1.165, 1.54) is 6.07 Å². The van der Waals surface area contributed by atoms with E-state index < -0.39 is 23.5 Å². The zero-order valence-corrected chi connectivity index (χ0v) is 6.55. The summed E-state index contributed by atoms with van der Waals surface area (Å²) in [6.07, 6.45) is 1.12. The van der Waals surface area contributed by atoms with Gasteiger partial charge in [-0.3, -0.25) is 10.1 Å². The lowest BCUT2D eigenvalue weighted by molar-refractivity contribution is -0.532. The minimum Gasteiger partial charge on any atom is -0.389 e. The minimum absolute atomic E-state index is 0.111. The number of aromatic nitrogens is 1. The molecule has 0 aliphatic heterocycles. The van der Waals surface area contributed by atoms with Gasteiger partial charge in [0.1, 0.15) is 6.61 Å². The van der Waals surface area contributed by atoms with Gasteiger partial charge in [0, 0.05) is 22.7 Å². The Balaban J connectivity index is 2.98. The van der Waals surface area contributed by atoms with Gasteiger partial charge in [-0.25, -0.2) is 4.98 Å². The molecule has 1 N–H and O–H groups in total. The fourth-order valence-corrected chi connectivity index (χ4v) is 0.919. The van der Waals surface area contributed by atoms with Crippen LogP contribution in [0.2, 0.25) is 0 Å². The number of rotatable bonds is 3. The summed E-state index contributed by atoms with van der Waals surface area (Å²) >= 11 is 0. The summed E-state index contributed by atoms with van der Waals surface area (Å²) in [5, 5.41) is 19.0. The third-order valence-electron chi connectivity index (χ3n) is 1.56. The molecule has 1 unspecified atom stereocenters. The molecule has 0 bridgehead atoms. The van der Waals surface area contributed by atoms with E-state index >= 15 is 0 Å². The van der Waals surface area contributed by atoms with Crippen molar-refractivity contribution in [3.63, 3.8) is 0 Å². The first-order chi connectivity index (χ1) is 6.15. The van der Waals surface area contributed by atoms with Gasteiger partial charge in [0.25, 0.3) is 6.04 Å². The van der Waals surface area contributed by atoms with Crippen molar-refractivity contribution in [1.82, 2.24) is 4.98 Å². The van der Waals surface area contributed by atoms with Gasteiger partial charge < -0.3 is 5.11 Å². The molecule has 0 aliphatic rings.